The van der Waals surface area contributed by atoms with E-state index in [1.165, 1.54) is 0 Å². The van der Waals surface area contributed by atoms with Gasteiger partial charge >= 0.3 is 6.01 Å². The summed E-state index contributed by atoms with van der Waals surface area (Å²) in [6.45, 7) is 0.736. The average molecular weight is 216 g/mol. The predicted molar refractivity (Wildman–Crippen MR) is 44.3 cm³/mol. The third-order valence-electron chi connectivity index (χ3n) is 1.37. The van der Waals surface area contributed by atoms with Crippen LogP contribution >= 0.6 is 15.9 Å². The Morgan fingerprint density at radius 3 is 3.36 bits per heavy atom. The van der Waals surface area contributed by atoms with E-state index >= 15 is 0 Å². The van der Waals surface area contributed by atoms with Crippen LogP contribution in [-0.2, 0) is 6.54 Å². The van der Waals surface area contributed by atoms with Crippen molar-refractivity contribution < 1.29 is 4.74 Å². The maximum Gasteiger partial charge on any atom is 0.303 e. The molecule has 1 aliphatic heterocycles. The molecule has 1 aromatic heterocycles. The second-order valence-corrected chi connectivity index (χ2v) is 3.28. The lowest BCUT2D eigenvalue weighted by molar-refractivity contribution is 0.394. The zero-order valence-corrected chi connectivity index (χ0v) is 7.21. The molecule has 1 aromatic rings. The molecule has 0 unspecified atom stereocenters. The lowest BCUT2D eigenvalue weighted by atomic mass is 10.5. The molecule has 0 atom stereocenters. The highest BCUT2D eigenvalue weighted by Gasteiger charge is 2.11. The van der Waals surface area contributed by atoms with Crippen LogP contribution in [0.5, 0.6) is 6.01 Å². The number of anilines is 1. The Kier molecular flexibility index (Phi) is 1.38. The van der Waals surface area contributed by atoms with Crippen molar-refractivity contribution in [2.75, 3.05) is 5.73 Å². The molecule has 0 aliphatic carbocycles. The van der Waals surface area contributed by atoms with Crippen molar-refractivity contribution >= 4 is 21.7 Å². The number of nitrogens with two attached hydrogens (primary N) is 1. The molecule has 2 rings (SSSR count). The van der Waals surface area contributed by atoms with Crippen molar-refractivity contribution in [3.8, 4) is 6.01 Å². The Labute approximate surface area is 71.8 Å². The quantitative estimate of drug-likeness (QED) is 0.706. The van der Waals surface area contributed by atoms with Gasteiger partial charge in [-0.25, -0.2) is 0 Å². The molecule has 0 amide bonds. The van der Waals surface area contributed by atoms with E-state index in [1.807, 2.05) is 4.57 Å². The molecule has 2 N–H and O–H groups in total. The Morgan fingerprint density at radius 1 is 1.73 bits per heavy atom. The fourth-order valence-corrected chi connectivity index (χ4v) is 1.31. The Morgan fingerprint density at radius 2 is 2.55 bits per heavy atom. The van der Waals surface area contributed by atoms with E-state index in [1.54, 1.807) is 12.5 Å². The van der Waals surface area contributed by atoms with Crippen LogP contribution in [0.15, 0.2) is 16.9 Å². The SMILES string of the molecule is Nc1cn2c(n1)OC=C(Br)C2. The van der Waals surface area contributed by atoms with Gasteiger partial charge < -0.3 is 10.5 Å². The van der Waals surface area contributed by atoms with Gasteiger partial charge in [-0.1, -0.05) is 15.9 Å². The van der Waals surface area contributed by atoms with Crippen molar-refractivity contribution in [3.63, 3.8) is 0 Å². The molecule has 0 saturated heterocycles. The van der Waals surface area contributed by atoms with Crippen molar-refractivity contribution in [2.24, 2.45) is 0 Å². The maximum atomic E-state index is 5.45. The number of imidazole rings is 1. The van der Waals surface area contributed by atoms with E-state index < -0.39 is 0 Å². The number of fused-ring (bicyclic) bond motifs is 1. The van der Waals surface area contributed by atoms with E-state index in [2.05, 4.69) is 20.9 Å². The summed E-state index contributed by atoms with van der Waals surface area (Å²) in [5, 5.41) is 0. The van der Waals surface area contributed by atoms with Gasteiger partial charge in [0.25, 0.3) is 0 Å². The van der Waals surface area contributed by atoms with Gasteiger partial charge in [0.1, 0.15) is 12.1 Å². The predicted octanol–water partition coefficient (Wildman–Crippen LogP) is 1.09. The molecule has 5 heteroatoms. The van der Waals surface area contributed by atoms with E-state index in [0.29, 0.717) is 11.8 Å². The van der Waals surface area contributed by atoms with Crippen molar-refractivity contribution in [1.82, 2.24) is 9.55 Å². The minimum absolute atomic E-state index is 0.482. The summed E-state index contributed by atoms with van der Waals surface area (Å²) in [4.78, 5) is 3.94. The van der Waals surface area contributed by atoms with Crippen LogP contribution in [0.2, 0.25) is 0 Å². The topological polar surface area (TPSA) is 53.1 Å². The van der Waals surface area contributed by atoms with E-state index in [4.69, 9.17) is 10.5 Å². The minimum Gasteiger partial charge on any atom is -0.432 e. The lowest BCUT2D eigenvalue weighted by Gasteiger charge is -2.10. The van der Waals surface area contributed by atoms with Crippen LogP contribution in [0.1, 0.15) is 0 Å². The van der Waals surface area contributed by atoms with Crippen LogP contribution in [-0.4, -0.2) is 9.55 Å². The first-order chi connectivity index (χ1) is 5.25. The first-order valence-corrected chi connectivity index (χ1v) is 3.89. The first-order valence-electron chi connectivity index (χ1n) is 3.09. The van der Waals surface area contributed by atoms with Gasteiger partial charge in [-0.2, -0.15) is 4.98 Å². The van der Waals surface area contributed by atoms with Crippen LogP contribution in [0.25, 0.3) is 0 Å². The highest BCUT2D eigenvalue weighted by molar-refractivity contribution is 9.11. The summed E-state index contributed by atoms with van der Waals surface area (Å²) in [6.07, 6.45) is 3.35. The largest absolute Gasteiger partial charge is 0.432 e. The summed E-state index contributed by atoms with van der Waals surface area (Å²) in [5.74, 6) is 0.482. The Bertz CT molecular complexity index is 318. The molecule has 11 heavy (non-hydrogen) atoms. The van der Waals surface area contributed by atoms with Crippen molar-refractivity contribution in [3.05, 3.63) is 16.9 Å². The molecule has 4 nitrogen and oxygen atoms in total. The summed E-state index contributed by atoms with van der Waals surface area (Å²) in [7, 11) is 0. The van der Waals surface area contributed by atoms with E-state index in [0.717, 1.165) is 11.0 Å². The van der Waals surface area contributed by atoms with Gasteiger partial charge in [0.2, 0.25) is 0 Å². The molecular weight excluding hydrogens is 210 g/mol. The van der Waals surface area contributed by atoms with Crippen LogP contribution < -0.4 is 10.5 Å². The van der Waals surface area contributed by atoms with E-state index in [-0.39, 0.29) is 0 Å². The summed E-state index contributed by atoms with van der Waals surface area (Å²) in [6, 6.07) is 0.547. The third kappa shape index (κ3) is 1.11. The number of hydrogen-bond donors (Lipinski definition) is 1. The monoisotopic (exact) mass is 215 g/mol. The molecule has 0 fully saturated rings. The summed E-state index contributed by atoms with van der Waals surface area (Å²) in [5.41, 5.74) is 5.45. The van der Waals surface area contributed by atoms with Gasteiger partial charge in [-0.15, -0.1) is 0 Å². The molecule has 0 radical (unpaired) electrons. The molecule has 0 spiro atoms. The highest BCUT2D eigenvalue weighted by Crippen LogP contribution is 2.22. The lowest BCUT2D eigenvalue weighted by Crippen LogP contribution is -2.05. The number of rotatable bonds is 0. The molecule has 0 aromatic carbocycles. The minimum atomic E-state index is 0.482. The number of halogens is 1. The zero-order chi connectivity index (χ0) is 7.84. The van der Waals surface area contributed by atoms with E-state index in [9.17, 15) is 0 Å². The van der Waals surface area contributed by atoms with Crippen LogP contribution in [0.4, 0.5) is 5.82 Å². The Balaban J connectivity index is 2.40. The number of nitrogen functional groups attached to an aromatic ring is 1. The summed E-state index contributed by atoms with van der Waals surface area (Å²) < 4.78 is 7.93. The number of aromatic nitrogens is 2. The second kappa shape index (κ2) is 2.27. The third-order valence-corrected chi connectivity index (χ3v) is 1.81. The Hall–Kier alpha value is -0.970. The van der Waals surface area contributed by atoms with Crippen molar-refractivity contribution in [1.29, 1.82) is 0 Å². The van der Waals surface area contributed by atoms with Gasteiger partial charge in [0, 0.05) is 0 Å². The number of allylic oxidation sites excluding steroid dienone is 1. The van der Waals surface area contributed by atoms with Gasteiger partial charge in [0.15, 0.2) is 0 Å². The number of ether oxygens (including phenoxy) is 1. The first kappa shape index (κ1) is 6.72. The highest BCUT2D eigenvalue weighted by atomic mass is 79.9. The number of hydrogen-bond acceptors (Lipinski definition) is 3. The standard InChI is InChI=1S/C6H6BrN3O/c7-4-1-10-2-5(8)9-6(10)11-3-4/h2-3H,1,8H2. The molecular formula is C6H6BrN3O. The molecule has 2 heterocycles. The molecule has 1 aliphatic rings. The normalized spacial score (nSPS) is 15.2. The fraction of sp³-hybridized carbons (Fsp3) is 0.167. The number of nitrogens with zero attached hydrogens (tertiary/aromatic N) is 2. The zero-order valence-electron chi connectivity index (χ0n) is 5.62. The second-order valence-electron chi connectivity index (χ2n) is 2.26. The van der Waals surface area contributed by atoms with Gasteiger partial charge in [0.05, 0.1) is 17.2 Å². The van der Waals surface area contributed by atoms with Crippen LogP contribution in [0, 0.1) is 0 Å². The maximum absolute atomic E-state index is 5.45. The molecule has 0 bridgehead atoms. The van der Waals surface area contributed by atoms with Crippen LogP contribution in [0.3, 0.4) is 0 Å². The summed E-state index contributed by atoms with van der Waals surface area (Å²) >= 11 is 3.31. The average Bonchev–Trinajstić information content (AvgIpc) is 2.27. The van der Waals surface area contributed by atoms with Crippen molar-refractivity contribution in [2.45, 2.75) is 6.54 Å². The van der Waals surface area contributed by atoms with Gasteiger partial charge in [-0.05, 0) is 0 Å². The molecule has 0 saturated carbocycles. The fourth-order valence-electron chi connectivity index (χ4n) is 0.942. The smallest absolute Gasteiger partial charge is 0.303 e. The van der Waals surface area contributed by atoms with Gasteiger partial charge in [-0.3, -0.25) is 4.57 Å². The molecule has 58 valence electrons.